The molecule has 29 heavy (non-hydrogen) atoms. The van der Waals surface area contributed by atoms with Crippen LogP contribution in [0.1, 0.15) is 11.4 Å². The van der Waals surface area contributed by atoms with Crippen molar-refractivity contribution in [2.45, 2.75) is 11.5 Å². The van der Waals surface area contributed by atoms with Crippen molar-refractivity contribution in [2.75, 3.05) is 25.0 Å². The Balaban J connectivity index is 1.42. The third-order valence-corrected chi connectivity index (χ3v) is 5.32. The van der Waals surface area contributed by atoms with Crippen LogP contribution in [-0.2, 0) is 11.5 Å². The van der Waals surface area contributed by atoms with Crippen molar-refractivity contribution < 1.29 is 14.2 Å². The Morgan fingerprint density at radius 3 is 2.90 bits per heavy atom. The van der Waals surface area contributed by atoms with Gasteiger partial charge in [-0.05, 0) is 29.8 Å². The van der Waals surface area contributed by atoms with Gasteiger partial charge in [0.2, 0.25) is 18.7 Å². The lowest BCUT2D eigenvalue weighted by atomic mass is 10.2. The van der Waals surface area contributed by atoms with Gasteiger partial charge in [-0.2, -0.15) is 15.0 Å². The number of ether oxygens (including phenoxy) is 3. The molecule has 2 aromatic carbocycles. The Bertz CT molecular complexity index is 1040. The predicted octanol–water partition coefficient (Wildman–Crippen LogP) is 4.02. The number of hydrogen-bond donors (Lipinski definition) is 2. The lowest BCUT2D eigenvalue weighted by Crippen LogP contribution is -2.07. The zero-order valence-corrected chi connectivity index (χ0v) is 17.1. The summed E-state index contributed by atoms with van der Waals surface area (Å²) < 4.78 is 16.1. The molecule has 0 amide bonds. The second-order valence-corrected chi connectivity index (χ2v) is 7.46. The van der Waals surface area contributed by atoms with Crippen LogP contribution in [0.25, 0.3) is 0 Å². The van der Waals surface area contributed by atoms with Gasteiger partial charge in [0, 0.05) is 5.75 Å². The third kappa shape index (κ3) is 4.57. The molecule has 3 N–H and O–H groups in total. The van der Waals surface area contributed by atoms with Gasteiger partial charge in [0.1, 0.15) is 11.6 Å². The Labute approximate surface area is 176 Å². The Morgan fingerprint density at radius 2 is 2.03 bits per heavy atom. The SMILES string of the molecule is COc1ccccc1Nc1nc(N)nc(CSCc2cc(Cl)c3c(c2)OCO3)n1. The molecule has 0 unspecified atom stereocenters. The fourth-order valence-electron chi connectivity index (χ4n) is 2.79. The molecule has 0 saturated heterocycles. The molecule has 10 heteroatoms. The molecule has 150 valence electrons. The zero-order valence-electron chi connectivity index (χ0n) is 15.5. The number of hydrogen-bond acceptors (Lipinski definition) is 9. The number of benzene rings is 2. The van der Waals surface area contributed by atoms with E-state index in [1.807, 2.05) is 36.4 Å². The molecule has 0 spiro atoms. The maximum atomic E-state index is 6.23. The highest BCUT2D eigenvalue weighted by atomic mass is 35.5. The van der Waals surface area contributed by atoms with Crippen LogP contribution in [0.4, 0.5) is 17.6 Å². The number of nitrogens with zero attached hydrogens (tertiary/aromatic N) is 3. The third-order valence-electron chi connectivity index (χ3n) is 4.04. The average molecular weight is 432 g/mol. The quantitative estimate of drug-likeness (QED) is 0.573. The predicted molar refractivity (Wildman–Crippen MR) is 113 cm³/mol. The topological polar surface area (TPSA) is 104 Å². The molecule has 2 heterocycles. The normalized spacial score (nSPS) is 12.1. The number of rotatable bonds is 7. The highest BCUT2D eigenvalue weighted by Crippen LogP contribution is 2.40. The summed E-state index contributed by atoms with van der Waals surface area (Å²) in [6.45, 7) is 0.192. The number of nitrogens with two attached hydrogens (primary N) is 1. The summed E-state index contributed by atoms with van der Waals surface area (Å²) in [5.74, 6) is 4.30. The molecular weight excluding hydrogens is 414 g/mol. The van der Waals surface area contributed by atoms with E-state index >= 15 is 0 Å². The zero-order chi connectivity index (χ0) is 20.2. The van der Waals surface area contributed by atoms with E-state index in [1.165, 1.54) is 0 Å². The van der Waals surface area contributed by atoms with Gasteiger partial charge in [0.05, 0.1) is 23.6 Å². The molecule has 1 aliphatic rings. The molecule has 0 atom stereocenters. The van der Waals surface area contributed by atoms with Crippen LogP contribution in [0.2, 0.25) is 5.02 Å². The molecule has 1 aliphatic heterocycles. The smallest absolute Gasteiger partial charge is 0.232 e. The van der Waals surface area contributed by atoms with Crippen LogP contribution in [0.5, 0.6) is 17.2 Å². The van der Waals surface area contributed by atoms with Crippen molar-refractivity contribution in [1.82, 2.24) is 15.0 Å². The van der Waals surface area contributed by atoms with Crippen molar-refractivity contribution in [2.24, 2.45) is 0 Å². The summed E-state index contributed by atoms with van der Waals surface area (Å²) in [4.78, 5) is 12.8. The molecule has 8 nitrogen and oxygen atoms in total. The summed E-state index contributed by atoms with van der Waals surface area (Å²) in [6.07, 6.45) is 0. The van der Waals surface area contributed by atoms with Gasteiger partial charge in [-0.15, -0.1) is 11.8 Å². The van der Waals surface area contributed by atoms with E-state index in [1.54, 1.807) is 18.9 Å². The number of anilines is 3. The molecule has 3 aromatic rings. The van der Waals surface area contributed by atoms with Gasteiger partial charge in [0.25, 0.3) is 0 Å². The molecule has 4 rings (SSSR count). The Morgan fingerprint density at radius 1 is 1.17 bits per heavy atom. The second kappa shape index (κ2) is 8.62. The molecular formula is C19H18ClN5O3S. The van der Waals surface area contributed by atoms with E-state index in [-0.39, 0.29) is 12.7 Å². The minimum Gasteiger partial charge on any atom is -0.495 e. The monoisotopic (exact) mass is 431 g/mol. The van der Waals surface area contributed by atoms with Gasteiger partial charge in [-0.25, -0.2) is 0 Å². The van der Waals surface area contributed by atoms with Crippen LogP contribution < -0.4 is 25.3 Å². The average Bonchev–Trinajstić information content (AvgIpc) is 3.17. The summed E-state index contributed by atoms with van der Waals surface area (Å²) in [5.41, 5.74) is 7.63. The van der Waals surface area contributed by atoms with E-state index in [9.17, 15) is 0 Å². The second-order valence-electron chi connectivity index (χ2n) is 6.06. The first-order valence-corrected chi connectivity index (χ1v) is 10.2. The molecule has 0 aliphatic carbocycles. The highest BCUT2D eigenvalue weighted by Gasteiger charge is 2.18. The van der Waals surface area contributed by atoms with E-state index in [0.717, 1.165) is 11.3 Å². The van der Waals surface area contributed by atoms with Gasteiger partial charge < -0.3 is 25.3 Å². The largest absolute Gasteiger partial charge is 0.495 e. The van der Waals surface area contributed by atoms with Crippen LogP contribution in [0.3, 0.4) is 0 Å². The van der Waals surface area contributed by atoms with Gasteiger partial charge in [0.15, 0.2) is 11.5 Å². The number of nitrogens with one attached hydrogen (secondary N) is 1. The fourth-order valence-corrected chi connectivity index (χ4v) is 3.89. The Kier molecular flexibility index (Phi) is 5.77. The van der Waals surface area contributed by atoms with E-state index in [2.05, 4.69) is 20.3 Å². The van der Waals surface area contributed by atoms with E-state index in [0.29, 0.717) is 45.5 Å². The van der Waals surface area contributed by atoms with Crippen molar-refractivity contribution in [3.63, 3.8) is 0 Å². The standard InChI is InChI=1S/C19H18ClN5O3S/c1-26-14-5-3-2-4-13(14)22-19-24-16(23-18(21)25-19)9-29-8-11-6-12(20)17-15(7-11)27-10-28-17/h2-7H,8-10H2,1H3,(H3,21,22,23,24,25). The summed E-state index contributed by atoms with van der Waals surface area (Å²) in [7, 11) is 1.60. The number of aromatic nitrogens is 3. The molecule has 0 radical (unpaired) electrons. The molecule has 0 bridgehead atoms. The molecule has 1 aromatic heterocycles. The lowest BCUT2D eigenvalue weighted by molar-refractivity contribution is 0.174. The summed E-state index contributed by atoms with van der Waals surface area (Å²) >= 11 is 7.86. The van der Waals surface area contributed by atoms with E-state index in [4.69, 9.17) is 31.5 Å². The summed E-state index contributed by atoms with van der Waals surface area (Å²) in [5, 5.41) is 3.67. The van der Waals surface area contributed by atoms with Crippen LogP contribution in [0, 0.1) is 0 Å². The number of thioether (sulfide) groups is 1. The minimum atomic E-state index is 0.152. The fraction of sp³-hybridized carbons (Fsp3) is 0.211. The van der Waals surface area contributed by atoms with Crippen LogP contribution >= 0.6 is 23.4 Å². The Hall–Kier alpha value is -2.91. The number of halogens is 1. The number of para-hydroxylation sites is 2. The van der Waals surface area contributed by atoms with Crippen molar-refractivity contribution in [3.05, 3.63) is 52.8 Å². The molecule has 0 saturated carbocycles. The maximum absolute atomic E-state index is 6.23. The van der Waals surface area contributed by atoms with Gasteiger partial charge in [-0.1, -0.05) is 23.7 Å². The molecule has 0 fully saturated rings. The van der Waals surface area contributed by atoms with Gasteiger partial charge in [-0.3, -0.25) is 0 Å². The van der Waals surface area contributed by atoms with Gasteiger partial charge >= 0.3 is 0 Å². The summed E-state index contributed by atoms with van der Waals surface area (Å²) in [6, 6.07) is 11.3. The van der Waals surface area contributed by atoms with E-state index < -0.39 is 0 Å². The first-order valence-electron chi connectivity index (χ1n) is 8.68. The van der Waals surface area contributed by atoms with Crippen LogP contribution in [-0.4, -0.2) is 28.9 Å². The van der Waals surface area contributed by atoms with Crippen molar-refractivity contribution in [3.8, 4) is 17.2 Å². The highest BCUT2D eigenvalue weighted by molar-refractivity contribution is 7.97. The van der Waals surface area contributed by atoms with Crippen molar-refractivity contribution >= 4 is 40.9 Å². The first kappa shape index (κ1) is 19.4. The minimum absolute atomic E-state index is 0.152. The van der Waals surface area contributed by atoms with Crippen molar-refractivity contribution in [1.29, 1.82) is 0 Å². The first-order chi connectivity index (χ1) is 14.1. The number of nitrogen functional groups attached to an aromatic ring is 1. The maximum Gasteiger partial charge on any atom is 0.232 e. The number of fused-ring (bicyclic) bond motifs is 1. The lowest BCUT2D eigenvalue weighted by Gasteiger charge is -2.10. The van der Waals surface area contributed by atoms with Crippen LogP contribution in [0.15, 0.2) is 36.4 Å². The number of methoxy groups -OCH3 is 1.